The van der Waals surface area contributed by atoms with E-state index >= 15 is 0 Å². The minimum Gasteiger partial charge on any atom is -0.491 e. The Hall–Kier alpha value is -2.21. The van der Waals surface area contributed by atoms with E-state index in [4.69, 9.17) is 19.7 Å². The number of aliphatic hydroxyl groups excluding tert-OH is 2. The summed E-state index contributed by atoms with van der Waals surface area (Å²) < 4.78 is 11.1. The smallest absolute Gasteiger partial charge is 0.196 e. The van der Waals surface area contributed by atoms with Crippen molar-refractivity contribution in [1.82, 2.24) is 0 Å². The molecule has 0 fully saturated rings. The second-order valence-electron chi connectivity index (χ2n) is 5.20. The summed E-state index contributed by atoms with van der Waals surface area (Å²) in [5, 5.41) is 17.8. The Morgan fingerprint density at radius 3 is 2.46 bits per heavy atom. The molecule has 5 nitrogen and oxygen atoms in total. The first kappa shape index (κ1) is 18.1. The van der Waals surface area contributed by atoms with Crippen molar-refractivity contribution in [3.05, 3.63) is 65.7 Å². The molecule has 2 aromatic carbocycles. The molecule has 0 amide bonds. The molecular formula is C19H22O5. The Bertz CT molecular complexity index is 627. The van der Waals surface area contributed by atoms with Gasteiger partial charge in [0.1, 0.15) is 18.5 Å². The topological polar surface area (TPSA) is 76.0 Å². The van der Waals surface area contributed by atoms with Crippen LogP contribution in [0.2, 0.25) is 0 Å². The van der Waals surface area contributed by atoms with E-state index in [0.717, 1.165) is 0 Å². The molecule has 0 spiro atoms. The molecule has 1 unspecified atom stereocenters. The number of rotatable bonds is 10. The molecule has 2 N–H and O–H groups in total. The van der Waals surface area contributed by atoms with E-state index in [1.165, 1.54) is 0 Å². The fourth-order valence-electron chi connectivity index (χ4n) is 2.27. The molecular weight excluding hydrogens is 308 g/mol. The molecule has 2 aromatic rings. The summed E-state index contributed by atoms with van der Waals surface area (Å²) in [7, 11) is 0. The first-order chi connectivity index (χ1) is 11.8. The van der Waals surface area contributed by atoms with Crippen molar-refractivity contribution in [2.45, 2.75) is 12.5 Å². The van der Waals surface area contributed by atoms with Crippen LogP contribution in [-0.2, 0) is 4.74 Å². The molecule has 24 heavy (non-hydrogen) atoms. The van der Waals surface area contributed by atoms with Gasteiger partial charge in [0.2, 0.25) is 0 Å². The first-order valence-electron chi connectivity index (χ1n) is 7.91. The van der Waals surface area contributed by atoms with E-state index in [0.29, 0.717) is 23.3 Å². The highest BCUT2D eigenvalue weighted by atomic mass is 16.5. The second kappa shape index (κ2) is 9.82. The summed E-state index contributed by atoms with van der Waals surface area (Å²) in [6.07, 6.45) is -0.309. The van der Waals surface area contributed by atoms with Crippen molar-refractivity contribution in [3.63, 3.8) is 0 Å². The molecule has 0 saturated heterocycles. The Morgan fingerprint density at radius 2 is 1.75 bits per heavy atom. The van der Waals surface area contributed by atoms with Gasteiger partial charge in [-0.3, -0.25) is 4.79 Å². The highest BCUT2D eigenvalue weighted by Gasteiger charge is 2.23. The van der Waals surface area contributed by atoms with Crippen LogP contribution in [0.5, 0.6) is 5.75 Å². The zero-order valence-electron chi connectivity index (χ0n) is 13.4. The minimum atomic E-state index is -0.767. The van der Waals surface area contributed by atoms with E-state index in [9.17, 15) is 4.79 Å². The number of Topliss-reactive ketones (excluding diaryl/α,β-unsaturated/α-hetero) is 1. The van der Waals surface area contributed by atoms with Crippen LogP contribution in [0.4, 0.5) is 0 Å². The summed E-state index contributed by atoms with van der Waals surface area (Å²) in [5.74, 6) is 0.422. The van der Waals surface area contributed by atoms with Gasteiger partial charge in [-0.2, -0.15) is 0 Å². The maximum Gasteiger partial charge on any atom is 0.196 e. The van der Waals surface area contributed by atoms with Crippen molar-refractivity contribution in [1.29, 1.82) is 0 Å². The zero-order valence-corrected chi connectivity index (χ0v) is 13.4. The number of benzene rings is 2. The molecule has 0 bridgehead atoms. The Kier molecular flexibility index (Phi) is 7.42. The third-order valence-electron chi connectivity index (χ3n) is 3.40. The molecule has 128 valence electrons. The average molecular weight is 330 g/mol. The third kappa shape index (κ3) is 5.16. The third-order valence-corrected chi connectivity index (χ3v) is 3.40. The summed E-state index contributed by atoms with van der Waals surface area (Å²) in [4.78, 5) is 12.8. The molecule has 5 heteroatoms. The lowest BCUT2D eigenvalue weighted by Crippen LogP contribution is -2.17. The average Bonchev–Trinajstić information content (AvgIpc) is 2.64. The van der Waals surface area contributed by atoms with Gasteiger partial charge in [-0.25, -0.2) is 0 Å². The van der Waals surface area contributed by atoms with Crippen LogP contribution >= 0.6 is 0 Å². The van der Waals surface area contributed by atoms with Gasteiger partial charge in [-0.05, 0) is 24.1 Å². The molecule has 0 aliphatic carbocycles. The quantitative estimate of drug-likeness (QED) is 0.517. The molecule has 0 radical (unpaired) electrons. The molecule has 1 atom stereocenters. The van der Waals surface area contributed by atoms with Crippen molar-refractivity contribution in [2.24, 2.45) is 0 Å². The van der Waals surface area contributed by atoms with E-state index in [1.54, 1.807) is 48.5 Å². The highest BCUT2D eigenvalue weighted by Crippen LogP contribution is 2.26. The number of aliphatic hydroxyl groups is 2. The molecule has 0 saturated carbocycles. The standard InChI is InChI=1S/C19H22O5/c20-10-5-12-24-19(18(22)15-6-2-1-3-7-15)16-8-4-9-17(14-16)23-13-11-21/h1-4,6-9,14,19-21H,5,10-13H2. The number of hydrogen-bond donors (Lipinski definition) is 2. The number of ketones is 1. The predicted molar refractivity (Wildman–Crippen MR) is 90.2 cm³/mol. The molecule has 0 heterocycles. The maximum absolute atomic E-state index is 12.8. The molecule has 2 rings (SSSR count). The van der Waals surface area contributed by atoms with Crippen LogP contribution in [0, 0.1) is 0 Å². The van der Waals surface area contributed by atoms with Crippen molar-refractivity contribution >= 4 is 5.78 Å². The van der Waals surface area contributed by atoms with Gasteiger partial charge in [0.25, 0.3) is 0 Å². The highest BCUT2D eigenvalue weighted by molar-refractivity contribution is 6.00. The van der Waals surface area contributed by atoms with E-state index in [-0.39, 0.29) is 32.2 Å². The van der Waals surface area contributed by atoms with E-state index < -0.39 is 6.10 Å². The van der Waals surface area contributed by atoms with E-state index in [2.05, 4.69) is 0 Å². The zero-order chi connectivity index (χ0) is 17.2. The van der Waals surface area contributed by atoms with Crippen molar-refractivity contribution in [3.8, 4) is 5.75 Å². The van der Waals surface area contributed by atoms with Crippen LogP contribution in [-0.4, -0.2) is 42.4 Å². The summed E-state index contributed by atoms with van der Waals surface area (Å²) in [6.45, 7) is 0.392. The SMILES string of the molecule is O=C(c1ccccc1)C(OCCCO)c1cccc(OCCO)c1. The number of ether oxygens (including phenoxy) is 2. The van der Waals surface area contributed by atoms with Gasteiger partial charge in [0.05, 0.1) is 13.2 Å². The van der Waals surface area contributed by atoms with Gasteiger partial charge in [0, 0.05) is 12.2 Å². The monoisotopic (exact) mass is 330 g/mol. The molecule has 0 aromatic heterocycles. The fourth-order valence-corrected chi connectivity index (χ4v) is 2.27. The lowest BCUT2D eigenvalue weighted by molar-refractivity contribution is 0.0355. The van der Waals surface area contributed by atoms with Crippen molar-refractivity contribution in [2.75, 3.05) is 26.4 Å². The van der Waals surface area contributed by atoms with Crippen LogP contribution in [0.3, 0.4) is 0 Å². The van der Waals surface area contributed by atoms with Gasteiger partial charge in [-0.1, -0.05) is 42.5 Å². The summed E-state index contributed by atoms with van der Waals surface area (Å²) in [5.41, 5.74) is 1.24. The largest absolute Gasteiger partial charge is 0.491 e. The molecule has 0 aliphatic heterocycles. The summed E-state index contributed by atoms with van der Waals surface area (Å²) in [6, 6.07) is 16.0. The lowest BCUT2D eigenvalue weighted by Gasteiger charge is -2.18. The van der Waals surface area contributed by atoms with E-state index in [1.807, 2.05) is 6.07 Å². The van der Waals surface area contributed by atoms with Gasteiger partial charge >= 0.3 is 0 Å². The molecule has 0 aliphatic rings. The van der Waals surface area contributed by atoms with Crippen LogP contribution < -0.4 is 4.74 Å². The van der Waals surface area contributed by atoms with Gasteiger partial charge < -0.3 is 19.7 Å². The Morgan fingerprint density at radius 1 is 0.958 bits per heavy atom. The normalized spacial score (nSPS) is 11.9. The lowest BCUT2D eigenvalue weighted by atomic mass is 9.99. The van der Waals surface area contributed by atoms with Gasteiger partial charge in [-0.15, -0.1) is 0 Å². The number of hydrogen-bond acceptors (Lipinski definition) is 5. The second-order valence-corrected chi connectivity index (χ2v) is 5.20. The number of carbonyl (C=O) groups excluding carboxylic acids is 1. The fraction of sp³-hybridized carbons (Fsp3) is 0.316. The van der Waals surface area contributed by atoms with Gasteiger partial charge in [0.15, 0.2) is 5.78 Å². The Balaban J connectivity index is 2.23. The maximum atomic E-state index is 12.8. The predicted octanol–water partition coefficient (Wildman–Crippen LogP) is 2.38. The van der Waals surface area contributed by atoms with Crippen molar-refractivity contribution < 1.29 is 24.5 Å². The van der Waals surface area contributed by atoms with Crippen LogP contribution in [0.25, 0.3) is 0 Å². The Labute approximate surface area is 141 Å². The minimum absolute atomic E-state index is 0.00585. The summed E-state index contributed by atoms with van der Waals surface area (Å²) >= 11 is 0. The first-order valence-corrected chi connectivity index (χ1v) is 7.91. The van der Waals surface area contributed by atoms with Crippen LogP contribution in [0.15, 0.2) is 54.6 Å². The number of carbonyl (C=O) groups is 1. The van der Waals surface area contributed by atoms with Crippen LogP contribution in [0.1, 0.15) is 28.4 Å².